The minimum atomic E-state index is -0.485. The molecule has 0 atom stereocenters. The summed E-state index contributed by atoms with van der Waals surface area (Å²) in [5.74, 6) is 5.33. The van der Waals surface area contributed by atoms with Gasteiger partial charge in [-0.3, -0.25) is 0 Å². The molecule has 2 heteroatoms. The molecule has 0 aromatic carbocycles. The molecule has 0 saturated carbocycles. The SMILES string of the molecule is CC(C)(C)C#Cc1cccc(F)n1. The van der Waals surface area contributed by atoms with Crippen molar-refractivity contribution in [2.75, 3.05) is 0 Å². The minimum absolute atomic E-state index is 0.0754. The van der Waals surface area contributed by atoms with Crippen LogP contribution in [0.1, 0.15) is 26.5 Å². The molecule has 0 unspecified atom stereocenters. The van der Waals surface area contributed by atoms with Crippen LogP contribution in [0.25, 0.3) is 0 Å². The summed E-state index contributed by atoms with van der Waals surface area (Å²) >= 11 is 0. The van der Waals surface area contributed by atoms with Crippen molar-refractivity contribution >= 4 is 0 Å². The normalized spacial score (nSPS) is 10.5. The lowest BCUT2D eigenvalue weighted by Crippen LogP contribution is -1.99. The largest absolute Gasteiger partial charge is 0.214 e. The van der Waals surface area contributed by atoms with Gasteiger partial charge in [-0.2, -0.15) is 4.39 Å². The van der Waals surface area contributed by atoms with E-state index in [4.69, 9.17) is 0 Å². The fourth-order valence-electron chi connectivity index (χ4n) is 0.729. The van der Waals surface area contributed by atoms with Crippen LogP contribution in [0.15, 0.2) is 18.2 Å². The van der Waals surface area contributed by atoms with Crippen LogP contribution in [0, 0.1) is 23.2 Å². The first kappa shape index (κ1) is 9.73. The molecule has 0 aliphatic carbocycles. The van der Waals surface area contributed by atoms with E-state index in [1.807, 2.05) is 20.8 Å². The van der Waals surface area contributed by atoms with Crippen LogP contribution in [0.5, 0.6) is 0 Å². The number of rotatable bonds is 0. The third-order valence-corrected chi connectivity index (χ3v) is 1.28. The standard InChI is InChI=1S/C11H12FN/c1-11(2,3)8-7-9-5-4-6-10(12)13-9/h4-6H,1-3H3. The maximum atomic E-state index is 12.6. The fourth-order valence-corrected chi connectivity index (χ4v) is 0.729. The molecule has 1 nitrogen and oxygen atoms in total. The van der Waals surface area contributed by atoms with E-state index >= 15 is 0 Å². The number of nitrogens with zero attached hydrogens (tertiary/aromatic N) is 1. The van der Waals surface area contributed by atoms with Crippen LogP contribution in [0.3, 0.4) is 0 Å². The van der Waals surface area contributed by atoms with Gasteiger partial charge in [0.2, 0.25) is 5.95 Å². The topological polar surface area (TPSA) is 12.9 Å². The molecule has 13 heavy (non-hydrogen) atoms. The van der Waals surface area contributed by atoms with Gasteiger partial charge in [0.05, 0.1) is 0 Å². The highest BCUT2D eigenvalue weighted by molar-refractivity contribution is 5.28. The second kappa shape index (κ2) is 3.57. The maximum absolute atomic E-state index is 12.6. The Morgan fingerprint density at radius 1 is 1.31 bits per heavy atom. The molecule has 0 saturated heterocycles. The molecule has 0 fully saturated rings. The molecule has 0 bridgehead atoms. The van der Waals surface area contributed by atoms with E-state index in [9.17, 15) is 4.39 Å². The Labute approximate surface area is 78.0 Å². The zero-order valence-corrected chi connectivity index (χ0v) is 8.06. The second-order valence-corrected chi connectivity index (χ2v) is 3.85. The van der Waals surface area contributed by atoms with Gasteiger partial charge in [-0.05, 0) is 38.8 Å². The summed E-state index contributed by atoms with van der Waals surface area (Å²) in [6.07, 6.45) is 0. The fraction of sp³-hybridized carbons (Fsp3) is 0.364. The van der Waals surface area contributed by atoms with Crippen molar-refractivity contribution in [3.63, 3.8) is 0 Å². The molecule has 0 aliphatic rings. The van der Waals surface area contributed by atoms with Gasteiger partial charge in [-0.1, -0.05) is 12.0 Å². The lowest BCUT2D eigenvalue weighted by molar-refractivity contribution is 0.569. The Bertz CT molecular complexity index is 352. The zero-order valence-electron chi connectivity index (χ0n) is 8.06. The van der Waals surface area contributed by atoms with Crippen molar-refractivity contribution in [1.82, 2.24) is 4.98 Å². The monoisotopic (exact) mass is 177 g/mol. The average Bonchev–Trinajstić information content (AvgIpc) is 2.00. The Balaban J connectivity index is 2.90. The van der Waals surface area contributed by atoms with Gasteiger partial charge >= 0.3 is 0 Å². The van der Waals surface area contributed by atoms with E-state index in [1.165, 1.54) is 6.07 Å². The smallest absolute Gasteiger partial charge is 0.211 e. The first-order valence-corrected chi connectivity index (χ1v) is 4.13. The van der Waals surface area contributed by atoms with Gasteiger partial charge < -0.3 is 0 Å². The molecule has 0 spiro atoms. The van der Waals surface area contributed by atoms with E-state index in [1.54, 1.807) is 12.1 Å². The van der Waals surface area contributed by atoms with E-state index in [0.717, 1.165) is 0 Å². The number of hydrogen-bond acceptors (Lipinski definition) is 1. The Kier molecular flexibility index (Phi) is 2.67. The van der Waals surface area contributed by atoms with Gasteiger partial charge in [0.1, 0.15) is 5.69 Å². The Morgan fingerprint density at radius 2 is 2.00 bits per heavy atom. The zero-order chi connectivity index (χ0) is 9.90. The lowest BCUT2D eigenvalue weighted by Gasteiger charge is -2.06. The molecule has 0 aliphatic heterocycles. The highest BCUT2D eigenvalue weighted by atomic mass is 19.1. The second-order valence-electron chi connectivity index (χ2n) is 3.85. The van der Waals surface area contributed by atoms with Crippen LogP contribution in [-0.4, -0.2) is 4.98 Å². The summed E-state index contributed by atoms with van der Waals surface area (Å²) in [7, 11) is 0. The Hall–Kier alpha value is -1.36. The van der Waals surface area contributed by atoms with Crippen molar-refractivity contribution in [2.24, 2.45) is 5.41 Å². The van der Waals surface area contributed by atoms with E-state index in [2.05, 4.69) is 16.8 Å². The average molecular weight is 177 g/mol. The highest BCUT2D eigenvalue weighted by Gasteiger charge is 2.03. The first-order valence-electron chi connectivity index (χ1n) is 4.13. The summed E-state index contributed by atoms with van der Waals surface area (Å²) in [5, 5.41) is 0. The Morgan fingerprint density at radius 3 is 2.54 bits per heavy atom. The maximum Gasteiger partial charge on any atom is 0.214 e. The summed E-state index contributed by atoms with van der Waals surface area (Å²) in [6, 6.07) is 4.61. The first-order chi connectivity index (χ1) is 5.97. The van der Waals surface area contributed by atoms with Crippen LogP contribution in [0.2, 0.25) is 0 Å². The summed E-state index contributed by atoms with van der Waals surface area (Å²) in [5.41, 5.74) is 0.406. The van der Waals surface area contributed by atoms with Crippen molar-refractivity contribution < 1.29 is 4.39 Å². The molecule has 0 amide bonds. The number of halogens is 1. The lowest BCUT2D eigenvalue weighted by atomic mass is 9.98. The molecule has 1 aromatic heterocycles. The van der Waals surface area contributed by atoms with Crippen LogP contribution in [0.4, 0.5) is 4.39 Å². The van der Waals surface area contributed by atoms with Crippen LogP contribution in [-0.2, 0) is 0 Å². The highest BCUT2D eigenvalue weighted by Crippen LogP contribution is 2.10. The predicted molar refractivity (Wildman–Crippen MR) is 50.5 cm³/mol. The third kappa shape index (κ3) is 3.71. The molecule has 0 N–H and O–H groups in total. The van der Waals surface area contributed by atoms with Crippen LogP contribution >= 0.6 is 0 Å². The molecule has 0 radical (unpaired) electrons. The van der Waals surface area contributed by atoms with E-state index in [-0.39, 0.29) is 5.41 Å². The van der Waals surface area contributed by atoms with Gasteiger partial charge in [-0.15, -0.1) is 0 Å². The quantitative estimate of drug-likeness (QED) is 0.438. The predicted octanol–water partition coefficient (Wildman–Crippen LogP) is 2.62. The molecule has 1 rings (SSSR count). The molecule has 68 valence electrons. The third-order valence-electron chi connectivity index (χ3n) is 1.28. The molecule has 1 heterocycles. The summed E-state index contributed by atoms with van der Waals surface area (Å²) < 4.78 is 12.6. The minimum Gasteiger partial charge on any atom is -0.211 e. The molecule has 1 aromatic rings. The van der Waals surface area contributed by atoms with Gasteiger partial charge in [-0.25, -0.2) is 4.98 Å². The molecular formula is C11H12FN. The number of hydrogen-bond donors (Lipinski definition) is 0. The number of pyridine rings is 1. The number of aromatic nitrogens is 1. The summed E-state index contributed by atoms with van der Waals surface area (Å²) in [4.78, 5) is 3.64. The van der Waals surface area contributed by atoms with E-state index < -0.39 is 5.95 Å². The van der Waals surface area contributed by atoms with Crippen LogP contribution < -0.4 is 0 Å². The van der Waals surface area contributed by atoms with Crippen molar-refractivity contribution in [1.29, 1.82) is 0 Å². The van der Waals surface area contributed by atoms with Gasteiger partial charge in [0.15, 0.2) is 0 Å². The molecular weight excluding hydrogens is 165 g/mol. The van der Waals surface area contributed by atoms with Crippen molar-refractivity contribution in [2.45, 2.75) is 20.8 Å². The van der Waals surface area contributed by atoms with Gasteiger partial charge in [0.25, 0.3) is 0 Å². The van der Waals surface area contributed by atoms with Gasteiger partial charge in [0, 0.05) is 5.41 Å². The summed E-state index contributed by atoms with van der Waals surface area (Å²) in [6.45, 7) is 6.00. The van der Waals surface area contributed by atoms with E-state index in [0.29, 0.717) is 5.69 Å². The van der Waals surface area contributed by atoms with Crippen molar-refractivity contribution in [3.05, 3.63) is 29.8 Å². The van der Waals surface area contributed by atoms with Crippen molar-refractivity contribution in [3.8, 4) is 11.8 Å².